The molecule has 0 fully saturated rings. The maximum absolute atomic E-state index is 5.59. The van der Waals surface area contributed by atoms with Crippen molar-refractivity contribution in [3.8, 4) is 0 Å². The third kappa shape index (κ3) is 2.11. The van der Waals surface area contributed by atoms with Gasteiger partial charge < -0.3 is 4.52 Å². The summed E-state index contributed by atoms with van der Waals surface area (Å²) in [5.74, 6) is 0.561. The van der Waals surface area contributed by atoms with Crippen LogP contribution in [0.5, 0.6) is 0 Å². The lowest BCUT2D eigenvalue weighted by Gasteiger charge is -1.93. The Labute approximate surface area is 85.6 Å². The summed E-state index contributed by atoms with van der Waals surface area (Å²) < 4.78 is 6.44. The molecule has 74 valence electrons. The van der Waals surface area contributed by atoms with Crippen LogP contribution in [0.2, 0.25) is 0 Å². The van der Waals surface area contributed by atoms with E-state index in [4.69, 9.17) is 16.1 Å². The van der Waals surface area contributed by atoms with Gasteiger partial charge in [0.2, 0.25) is 0 Å². The molecule has 0 aliphatic heterocycles. The van der Waals surface area contributed by atoms with Gasteiger partial charge in [0.05, 0.1) is 18.4 Å². The molecule has 0 aliphatic carbocycles. The fraction of sp³-hybridized carbons (Fsp3) is 0.375. The minimum absolute atomic E-state index is 0.561. The second-order valence-corrected chi connectivity index (χ2v) is 3.26. The molecule has 0 bridgehead atoms. The van der Waals surface area contributed by atoms with Crippen molar-refractivity contribution in [2.24, 2.45) is 0 Å². The van der Waals surface area contributed by atoms with Crippen LogP contribution in [0.25, 0.3) is 0 Å². The van der Waals surface area contributed by atoms with Crippen LogP contribution >= 0.6 is 11.6 Å². The van der Waals surface area contributed by atoms with E-state index in [9.17, 15) is 0 Å². The van der Waals surface area contributed by atoms with E-state index in [-0.39, 0.29) is 0 Å². The first-order valence-electron chi connectivity index (χ1n) is 4.21. The molecule has 0 atom stereocenters. The first-order chi connectivity index (χ1) is 6.88. The fourth-order valence-electron chi connectivity index (χ4n) is 1.12. The second-order valence-electron chi connectivity index (χ2n) is 2.88. The predicted octanol–water partition coefficient (Wildman–Crippen LogP) is 1.10. The van der Waals surface area contributed by atoms with Crippen molar-refractivity contribution >= 4 is 11.6 Å². The number of hydrogen-bond acceptors (Lipinski definition) is 4. The van der Waals surface area contributed by atoms with Gasteiger partial charge in [0.15, 0.2) is 0 Å². The van der Waals surface area contributed by atoms with Crippen molar-refractivity contribution in [2.75, 3.05) is 5.88 Å². The molecule has 0 saturated heterocycles. The molecule has 0 radical (unpaired) electrons. The van der Waals surface area contributed by atoms with Crippen molar-refractivity contribution in [1.82, 2.24) is 20.2 Å². The zero-order chi connectivity index (χ0) is 9.80. The van der Waals surface area contributed by atoms with Crippen LogP contribution in [0.3, 0.4) is 0 Å². The van der Waals surface area contributed by atoms with E-state index in [1.54, 1.807) is 17.1 Å². The Balaban J connectivity index is 2.03. The van der Waals surface area contributed by atoms with Crippen molar-refractivity contribution in [1.29, 1.82) is 0 Å². The number of hydrogen-bond donors (Lipinski definition) is 0. The van der Waals surface area contributed by atoms with Gasteiger partial charge in [-0.15, -0.1) is 16.7 Å². The molecule has 5 nitrogen and oxygen atoms in total. The number of alkyl halides is 1. The van der Waals surface area contributed by atoms with Crippen LogP contribution in [0.1, 0.15) is 11.3 Å². The first kappa shape index (κ1) is 9.21. The Bertz CT molecular complexity index is 384. The Morgan fingerprint density at radius 3 is 3.14 bits per heavy atom. The largest absolute Gasteiger partial charge is 0.364 e. The van der Waals surface area contributed by atoms with Gasteiger partial charge in [0.1, 0.15) is 6.26 Å². The van der Waals surface area contributed by atoms with Gasteiger partial charge in [0, 0.05) is 24.1 Å². The van der Waals surface area contributed by atoms with Crippen molar-refractivity contribution in [3.63, 3.8) is 0 Å². The molecule has 2 rings (SSSR count). The number of rotatable bonds is 4. The molecule has 0 N–H and O–H groups in total. The van der Waals surface area contributed by atoms with Crippen LogP contribution in [0.15, 0.2) is 23.2 Å². The number of nitrogens with zero attached hydrogens (tertiary/aromatic N) is 4. The summed E-state index contributed by atoms with van der Waals surface area (Å²) in [6.07, 6.45) is 5.85. The summed E-state index contributed by atoms with van der Waals surface area (Å²) in [5.41, 5.74) is 1.86. The lowest BCUT2D eigenvalue weighted by atomic mass is 10.3. The summed E-state index contributed by atoms with van der Waals surface area (Å²) in [6, 6.07) is 0. The van der Waals surface area contributed by atoms with E-state index in [1.165, 1.54) is 0 Å². The van der Waals surface area contributed by atoms with E-state index < -0.39 is 0 Å². The third-order valence-electron chi connectivity index (χ3n) is 1.76. The Morgan fingerprint density at radius 1 is 1.50 bits per heavy atom. The zero-order valence-corrected chi connectivity index (χ0v) is 8.18. The predicted molar refractivity (Wildman–Crippen MR) is 50.1 cm³/mol. The van der Waals surface area contributed by atoms with Gasteiger partial charge in [0.25, 0.3) is 0 Å². The number of aryl methyl sites for hydroxylation is 1. The molecule has 0 aliphatic rings. The standard InChI is InChI=1S/C8H9ClN4O/c9-2-1-8-5-13(12-11-8)4-7-3-10-14-6-7/h3,5-6H,1-2,4H2. The molecule has 0 spiro atoms. The van der Waals surface area contributed by atoms with Crippen LogP contribution < -0.4 is 0 Å². The smallest absolute Gasteiger partial charge is 0.128 e. The Hall–Kier alpha value is -1.36. The van der Waals surface area contributed by atoms with Gasteiger partial charge in [-0.05, 0) is 0 Å². The summed E-state index contributed by atoms with van der Waals surface area (Å²) in [6.45, 7) is 0.624. The summed E-state index contributed by atoms with van der Waals surface area (Å²) >= 11 is 5.59. The molecule has 0 unspecified atom stereocenters. The molecule has 0 saturated carbocycles. The minimum Gasteiger partial charge on any atom is -0.364 e. The average molecular weight is 213 g/mol. The highest BCUT2D eigenvalue weighted by Crippen LogP contribution is 2.01. The normalized spacial score (nSPS) is 10.6. The van der Waals surface area contributed by atoms with Crippen LogP contribution in [0.4, 0.5) is 0 Å². The highest BCUT2D eigenvalue weighted by Gasteiger charge is 2.01. The van der Waals surface area contributed by atoms with Crippen LogP contribution in [0, 0.1) is 0 Å². The number of aromatic nitrogens is 4. The van der Waals surface area contributed by atoms with E-state index in [1.807, 2.05) is 6.20 Å². The first-order valence-corrected chi connectivity index (χ1v) is 4.75. The average Bonchev–Trinajstić information content (AvgIpc) is 2.79. The van der Waals surface area contributed by atoms with Gasteiger partial charge in [-0.25, -0.2) is 4.68 Å². The summed E-state index contributed by atoms with van der Waals surface area (Å²) in [5, 5.41) is 11.5. The molecule has 0 aromatic carbocycles. The summed E-state index contributed by atoms with van der Waals surface area (Å²) in [4.78, 5) is 0. The molecule has 6 heteroatoms. The van der Waals surface area contributed by atoms with E-state index in [0.29, 0.717) is 12.4 Å². The SMILES string of the molecule is ClCCc1cn(Cc2cnoc2)nn1. The molecule has 0 amide bonds. The topological polar surface area (TPSA) is 56.7 Å². The quantitative estimate of drug-likeness (QED) is 0.712. The van der Waals surface area contributed by atoms with Gasteiger partial charge in [-0.1, -0.05) is 10.4 Å². The minimum atomic E-state index is 0.561. The molecular formula is C8H9ClN4O. The molecule has 14 heavy (non-hydrogen) atoms. The fourth-order valence-corrected chi connectivity index (χ4v) is 1.31. The number of halogens is 1. The van der Waals surface area contributed by atoms with Crippen molar-refractivity contribution in [2.45, 2.75) is 13.0 Å². The van der Waals surface area contributed by atoms with E-state index >= 15 is 0 Å². The maximum atomic E-state index is 5.59. The molecular weight excluding hydrogens is 204 g/mol. The van der Waals surface area contributed by atoms with Gasteiger partial charge in [-0.3, -0.25) is 0 Å². The van der Waals surface area contributed by atoms with E-state index in [2.05, 4.69) is 15.5 Å². The zero-order valence-electron chi connectivity index (χ0n) is 7.43. The van der Waals surface area contributed by atoms with Crippen LogP contribution in [-0.2, 0) is 13.0 Å². The van der Waals surface area contributed by atoms with Crippen LogP contribution in [-0.4, -0.2) is 26.0 Å². The Kier molecular flexibility index (Phi) is 2.78. The molecule has 2 aromatic heterocycles. The van der Waals surface area contributed by atoms with Gasteiger partial charge >= 0.3 is 0 Å². The lowest BCUT2D eigenvalue weighted by molar-refractivity contribution is 0.418. The lowest BCUT2D eigenvalue weighted by Crippen LogP contribution is -1.98. The maximum Gasteiger partial charge on any atom is 0.128 e. The molecule has 2 heterocycles. The summed E-state index contributed by atoms with van der Waals surface area (Å²) in [7, 11) is 0. The third-order valence-corrected chi connectivity index (χ3v) is 1.95. The monoisotopic (exact) mass is 212 g/mol. The van der Waals surface area contributed by atoms with E-state index in [0.717, 1.165) is 17.7 Å². The highest BCUT2D eigenvalue weighted by molar-refractivity contribution is 6.17. The highest BCUT2D eigenvalue weighted by atomic mass is 35.5. The van der Waals surface area contributed by atoms with Gasteiger partial charge in [-0.2, -0.15) is 0 Å². The Morgan fingerprint density at radius 2 is 2.43 bits per heavy atom. The van der Waals surface area contributed by atoms with Crippen molar-refractivity contribution < 1.29 is 4.52 Å². The molecule has 2 aromatic rings. The van der Waals surface area contributed by atoms with Crippen molar-refractivity contribution in [3.05, 3.63) is 29.9 Å². The second kappa shape index (κ2) is 4.23.